The summed E-state index contributed by atoms with van der Waals surface area (Å²) in [6, 6.07) is 14.0. The van der Waals surface area contributed by atoms with E-state index in [9.17, 15) is 23.1 Å². The Kier molecular flexibility index (Phi) is 6.42. The molecule has 0 saturated carbocycles. The molecule has 1 aliphatic heterocycles. The molecule has 3 aromatic rings. The van der Waals surface area contributed by atoms with Gasteiger partial charge in [-0.15, -0.1) is 0 Å². The first-order valence-electron chi connectivity index (χ1n) is 11.1. The molecule has 4 rings (SSSR count). The van der Waals surface area contributed by atoms with Gasteiger partial charge in [-0.3, -0.25) is 4.79 Å². The summed E-state index contributed by atoms with van der Waals surface area (Å²) < 4.78 is 40.2. The molecule has 0 spiro atoms. The van der Waals surface area contributed by atoms with Gasteiger partial charge < -0.3 is 15.3 Å². The average Bonchev–Trinajstić information content (AvgIpc) is 2.83. The Balaban J connectivity index is 1.56. The van der Waals surface area contributed by atoms with Gasteiger partial charge in [0.05, 0.1) is 11.1 Å². The number of anilines is 1. The summed E-state index contributed by atoms with van der Waals surface area (Å²) in [5.74, 6) is 0.123. The van der Waals surface area contributed by atoms with E-state index in [-0.39, 0.29) is 11.8 Å². The number of carbonyl (C=O) groups excluding carboxylic acids is 1. The lowest BCUT2D eigenvalue weighted by molar-refractivity contribution is -0.173. The molecule has 1 radical (unpaired) electrons. The molecule has 1 fully saturated rings. The lowest BCUT2D eigenvalue weighted by atomic mass is 9.53. The Morgan fingerprint density at radius 1 is 1.09 bits per heavy atom. The normalized spacial score (nSPS) is 16.8. The van der Waals surface area contributed by atoms with Crippen LogP contribution in [-0.2, 0) is 4.79 Å². The van der Waals surface area contributed by atoms with E-state index in [2.05, 4.69) is 10.3 Å². The van der Waals surface area contributed by atoms with Gasteiger partial charge in [-0.2, -0.15) is 13.2 Å². The van der Waals surface area contributed by atoms with Crippen molar-refractivity contribution < 1.29 is 23.1 Å². The largest absolute Gasteiger partial charge is 0.507 e. The minimum absolute atomic E-state index is 0.0746. The zero-order valence-corrected chi connectivity index (χ0v) is 18.9. The van der Waals surface area contributed by atoms with Crippen molar-refractivity contribution in [3.05, 3.63) is 48.5 Å². The summed E-state index contributed by atoms with van der Waals surface area (Å²) in [4.78, 5) is 23.8. The summed E-state index contributed by atoms with van der Waals surface area (Å²) in [5.41, 5.74) is 1.24. The van der Waals surface area contributed by atoms with Gasteiger partial charge in [-0.05, 0) is 44.0 Å². The molecule has 177 valence electrons. The molecule has 6 nitrogen and oxygen atoms in total. The Hall–Kier alpha value is -3.30. The number of aromatic hydroxyl groups is 1. The Labute approximate surface area is 196 Å². The van der Waals surface area contributed by atoms with Gasteiger partial charge in [0.15, 0.2) is 5.82 Å². The highest BCUT2D eigenvalue weighted by Gasteiger charge is 2.55. The quantitative estimate of drug-likeness (QED) is 0.535. The van der Waals surface area contributed by atoms with Gasteiger partial charge in [0.1, 0.15) is 24.2 Å². The molecule has 1 aromatic heterocycles. The van der Waals surface area contributed by atoms with Crippen molar-refractivity contribution in [2.75, 3.05) is 18.0 Å². The third-order valence-electron chi connectivity index (χ3n) is 6.50. The molecule has 34 heavy (non-hydrogen) atoms. The molecular formula is C24H25BF3N4O2. The Morgan fingerprint density at radius 2 is 1.74 bits per heavy atom. The van der Waals surface area contributed by atoms with Gasteiger partial charge in [0.25, 0.3) is 0 Å². The second-order valence-electron chi connectivity index (χ2n) is 8.63. The molecule has 1 saturated heterocycles. The molecule has 0 aliphatic carbocycles. The minimum Gasteiger partial charge on any atom is -0.507 e. The van der Waals surface area contributed by atoms with Crippen LogP contribution in [0.4, 0.5) is 19.0 Å². The number of benzene rings is 2. The highest BCUT2D eigenvalue weighted by Crippen LogP contribution is 2.44. The monoisotopic (exact) mass is 469 g/mol. The van der Waals surface area contributed by atoms with Crippen molar-refractivity contribution in [3.63, 3.8) is 0 Å². The van der Waals surface area contributed by atoms with Crippen molar-refractivity contribution >= 4 is 29.9 Å². The second-order valence-corrected chi connectivity index (χ2v) is 8.63. The van der Waals surface area contributed by atoms with E-state index >= 15 is 0 Å². The number of para-hydroxylation sites is 2. The number of carbonyl (C=O) groups is 1. The van der Waals surface area contributed by atoms with E-state index in [0.717, 1.165) is 25.1 Å². The van der Waals surface area contributed by atoms with E-state index in [1.165, 1.54) is 6.82 Å². The first kappa shape index (κ1) is 23.8. The van der Waals surface area contributed by atoms with E-state index in [0.29, 0.717) is 43.1 Å². The lowest BCUT2D eigenvalue weighted by Crippen LogP contribution is -2.52. The molecular weight excluding hydrogens is 444 g/mol. The van der Waals surface area contributed by atoms with Crippen LogP contribution < -0.4 is 10.2 Å². The fraction of sp³-hybridized carbons (Fsp3) is 0.375. The molecule has 0 bridgehead atoms. The molecule has 2 heterocycles. The molecule has 1 unspecified atom stereocenters. The zero-order chi connectivity index (χ0) is 24.5. The zero-order valence-electron chi connectivity index (χ0n) is 18.9. The average molecular weight is 469 g/mol. The van der Waals surface area contributed by atoms with Crippen LogP contribution in [-0.4, -0.2) is 53.6 Å². The number of phenolic OH excluding ortho intramolecular Hbond substituents is 1. The van der Waals surface area contributed by atoms with E-state index in [4.69, 9.17) is 4.98 Å². The number of fused-ring (bicyclic) bond motifs is 1. The van der Waals surface area contributed by atoms with Crippen LogP contribution in [0.25, 0.3) is 22.3 Å². The SMILES string of the molecule is C[B]C(C)(C(=O)NC1CCN(c2nc(-c3ccccc3O)nc3ccccc23)CC1)C(F)(F)F. The summed E-state index contributed by atoms with van der Waals surface area (Å²) in [6.45, 7) is 3.15. The van der Waals surface area contributed by atoms with Crippen LogP contribution >= 0.6 is 0 Å². The van der Waals surface area contributed by atoms with Crippen LogP contribution in [0.1, 0.15) is 19.8 Å². The van der Waals surface area contributed by atoms with E-state index in [1.54, 1.807) is 24.3 Å². The minimum atomic E-state index is -4.66. The predicted molar refractivity (Wildman–Crippen MR) is 126 cm³/mol. The number of nitrogens with zero attached hydrogens (tertiary/aromatic N) is 3. The number of piperidine rings is 1. The third kappa shape index (κ3) is 4.41. The highest BCUT2D eigenvalue weighted by atomic mass is 19.4. The van der Waals surface area contributed by atoms with E-state index < -0.39 is 17.4 Å². The summed E-state index contributed by atoms with van der Waals surface area (Å²) >= 11 is 0. The van der Waals surface area contributed by atoms with Crippen LogP contribution in [0.3, 0.4) is 0 Å². The number of alkyl halides is 3. The number of hydrogen-bond acceptors (Lipinski definition) is 5. The van der Waals surface area contributed by atoms with Crippen LogP contribution in [0, 0.1) is 0 Å². The molecule has 1 aliphatic rings. The van der Waals surface area contributed by atoms with Gasteiger partial charge in [-0.25, -0.2) is 9.97 Å². The highest BCUT2D eigenvalue weighted by molar-refractivity contribution is 6.46. The van der Waals surface area contributed by atoms with Crippen molar-refractivity contribution in [1.29, 1.82) is 0 Å². The smallest absolute Gasteiger partial charge is 0.395 e. The van der Waals surface area contributed by atoms with Crippen LogP contribution in [0.15, 0.2) is 48.5 Å². The maximum atomic E-state index is 13.4. The summed E-state index contributed by atoms with van der Waals surface area (Å²) in [7, 11) is 0.894. The van der Waals surface area contributed by atoms with Crippen LogP contribution in [0.5, 0.6) is 5.75 Å². The van der Waals surface area contributed by atoms with E-state index in [1.807, 2.05) is 29.2 Å². The number of nitrogens with one attached hydrogen (secondary N) is 1. The summed E-state index contributed by atoms with van der Waals surface area (Å²) in [5, 5.41) is 11.2. The van der Waals surface area contributed by atoms with Gasteiger partial charge >= 0.3 is 6.18 Å². The fourth-order valence-corrected chi connectivity index (χ4v) is 4.08. The molecule has 1 amide bonds. The molecule has 1 atom stereocenters. The topological polar surface area (TPSA) is 78.4 Å². The van der Waals surface area contributed by atoms with Crippen molar-refractivity contribution in [2.24, 2.45) is 0 Å². The number of hydrogen-bond donors (Lipinski definition) is 2. The maximum absolute atomic E-state index is 13.4. The Morgan fingerprint density at radius 3 is 2.38 bits per heavy atom. The number of phenols is 1. The molecule has 10 heteroatoms. The number of rotatable bonds is 5. The van der Waals surface area contributed by atoms with Crippen molar-refractivity contribution in [2.45, 2.75) is 44.1 Å². The lowest BCUT2D eigenvalue weighted by Gasteiger charge is -2.36. The Bertz CT molecular complexity index is 1200. The first-order valence-corrected chi connectivity index (χ1v) is 11.1. The first-order chi connectivity index (χ1) is 16.1. The molecule has 2 N–H and O–H groups in total. The van der Waals surface area contributed by atoms with Gasteiger partial charge in [-0.1, -0.05) is 31.1 Å². The predicted octanol–water partition coefficient (Wildman–Crippen LogP) is 4.58. The number of amides is 1. The van der Waals surface area contributed by atoms with Crippen molar-refractivity contribution in [3.8, 4) is 17.1 Å². The van der Waals surface area contributed by atoms with Crippen molar-refractivity contribution in [1.82, 2.24) is 15.3 Å². The summed E-state index contributed by atoms with van der Waals surface area (Å²) in [6.07, 6.45) is -3.70. The van der Waals surface area contributed by atoms with Gasteiger partial charge in [0, 0.05) is 24.5 Å². The second kappa shape index (κ2) is 9.16. The standard InChI is InChI=1S/C24H25BF3N4O2/c1-23(25-2,24(26,27)28)22(34)29-15-11-13-32(14-12-15)21-16-7-3-5-9-18(16)30-20(31-21)17-8-4-6-10-19(17)33/h3-10,15,33H,11-14H2,1-2H3,(H,29,34). The fourth-order valence-electron chi connectivity index (χ4n) is 4.08. The van der Waals surface area contributed by atoms with Crippen LogP contribution in [0.2, 0.25) is 12.1 Å². The molecule has 2 aromatic carbocycles. The number of aromatic nitrogens is 2. The maximum Gasteiger partial charge on any atom is 0.395 e. The van der Waals surface area contributed by atoms with Gasteiger partial charge in [0.2, 0.25) is 5.91 Å². The number of halogens is 3. The third-order valence-corrected chi connectivity index (χ3v) is 6.50.